The second kappa shape index (κ2) is 5.32. The Hall–Kier alpha value is 0.190. The number of allylic oxidation sites excluding steroid dienone is 1. The van der Waals surface area contributed by atoms with Crippen molar-refractivity contribution in [3.05, 3.63) is 11.0 Å². The molecule has 84 valence electrons. The second-order valence-electron chi connectivity index (χ2n) is 3.18. The molecule has 0 radical (unpaired) electrons. The first-order valence-corrected chi connectivity index (χ1v) is 5.54. The summed E-state index contributed by atoms with van der Waals surface area (Å²) in [5.41, 5.74) is -1.46. The molecule has 0 spiro atoms. The smallest absolute Gasteiger partial charge is 0.385 e. The highest BCUT2D eigenvalue weighted by Crippen LogP contribution is 2.32. The van der Waals surface area contributed by atoms with Gasteiger partial charge in [0, 0.05) is 16.7 Å². The monoisotopic (exact) mass is 246 g/mol. The summed E-state index contributed by atoms with van der Waals surface area (Å²) in [6, 6.07) is 0. The lowest BCUT2D eigenvalue weighted by atomic mass is 10.1. The van der Waals surface area contributed by atoms with E-state index in [9.17, 15) is 18.3 Å². The third-order valence-corrected chi connectivity index (χ3v) is 3.11. The number of thiol groups is 1. The summed E-state index contributed by atoms with van der Waals surface area (Å²) in [5.74, 6) is 0.908. The molecule has 0 heterocycles. The van der Waals surface area contributed by atoms with Crippen molar-refractivity contribution < 1.29 is 18.3 Å². The molecule has 0 atom stereocenters. The van der Waals surface area contributed by atoms with Gasteiger partial charge in [0.15, 0.2) is 0 Å². The first-order valence-electron chi connectivity index (χ1n) is 3.93. The summed E-state index contributed by atoms with van der Waals surface area (Å²) in [5, 5.41) is 9.45. The van der Waals surface area contributed by atoms with Crippen LogP contribution in [-0.2, 0) is 0 Å². The lowest BCUT2D eigenvalue weighted by Gasteiger charge is -2.21. The van der Waals surface area contributed by atoms with Crippen molar-refractivity contribution in [1.82, 2.24) is 0 Å². The third kappa shape index (κ3) is 6.62. The zero-order valence-corrected chi connectivity index (χ0v) is 9.64. The first-order chi connectivity index (χ1) is 6.17. The Balaban J connectivity index is 4.65. The Kier molecular flexibility index (Phi) is 5.39. The molecule has 0 aromatic rings. The zero-order valence-electron chi connectivity index (χ0n) is 7.93. The molecule has 0 fully saturated rings. The molecule has 1 nitrogen and oxygen atoms in total. The minimum absolute atomic E-state index is 0.0842. The van der Waals surface area contributed by atoms with Crippen LogP contribution in [0.25, 0.3) is 0 Å². The summed E-state index contributed by atoms with van der Waals surface area (Å²) >= 11 is 4.86. The summed E-state index contributed by atoms with van der Waals surface area (Å²) in [6.45, 7) is 2.66. The summed E-state index contributed by atoms with van der Waals surface area (Å²) in [7, 11) is 0. The van der Waals surface area contributed by atoms with Crippen molar-refractivity contribution in [3.63, 3.8) is 0 Å². The van der Waals surface area contributed by atoms with Crippen molar-refractivity contribution >= 4 is 24.4 Å². The molecule has 14 heavy (non-hydrogen) atoms. The number of hydrogen-bond acceptors (Lipinski definition) is 3. The van der Waals surface area contributed by atoms with E-state index in [1.165, 1.54) is 13.8 Å². The van der Waals surface area contributed by atoms with Crippen LogP contribution in [-0.4, -0.2) is 28.4 Å². The molecule has 0 saturated heterocycles. The maximum Gasteiger partial charge on any atom is 0.410 e. The highest BCUT2D eigenvalue weighted by atomic mass is 32.2. The highest BCUT2D eigenvalue weighted by molar-refractivity contribution is 8.03. The number of hydrogen-bond donors (Lipinski definition) is 2. The SMILES string of the molecule is CC(C)(O)/C(=C\C(F)(F)F)SCCS. The van der Waals surface area contributed by atoms with Gasteiger partial charge in [-0.3, -0.25) is 0 Å². The van der Waals surface area contributed by atoms with E-state index in [4.69, 9.17) is 0 Å². The van der Waals surface area contributed by atoms with Gasteiger partial charge < -0.3 is 5.11 Å². The third-order valence-electron chi connectivity index (χ3n) is 1.25. The lowest BCUT2D eigenvalue weighted by molar-refractivity contribution is -0.0814. The van der Waals surface area contributed by atoms with Gasteiger partial charge in [-0.1, -0.05) is 0 Å². The number of halogens is 3. The van der Waals surface area contributed by atoms with Crippen molar-refractivity contribution in [2.75, 3.05) is 11.5 Å². The standard InChI is InChI=1S/C8H13F3OS2/c1-7(2,12)6(14-4-3-13)5-8(9,10)11/h5,12-13H,3-4H2,1-2H3/b6-5+. The summed E-state index contributed by atoms with van der Waals surface area (Å²) in [6.07, 6.45) is -4.25. The molecule has 0 unspecified atom stereocenters. The van der Waals surface area contributed by atoms with Crippen molar-refractivity contribution in [1.29, 1.82) is 0 Å². The molecule has 0 aromatic carbocycles. The molecular weight excluding hydrogens is 233 g/mol. The van der Waals surface area contributed by atoms with E-state index in [2.05, 4.69) is 12.6 Å². The average molecular weight is 246 g/mol. The normalized spacial score (nSPS) is 14.6. The van der Waals surface area contributed by atoms with E-state index < -0.39 is 11.8 Å². The van der Waals surface area contributed by atoms with E-state index in [1.807, 2.05) is 0 Å². The molecular formula is C8H13F3OS2. The molecule has 6 heteroatoms. The van der Waals surface area contributed by atoms with E-state index >= 15 is 0 Å². The van der Waals surface area contributed by atoms with Crippen LogP contribution in [0, 0.1) is 0 Å². The minimum Gasteiger partial charge on any atom is -0.385 e. The number of thioether (sulfide) groups is 1. The van der Waals surface area contributed by atoms with E-state index in [0.29, 0.717) is 11.5 Å². The molecule has 0 rings (SSSR count). The second-order valence-corrected chi connectivity index (χ2v) is 4.77. The summed E-state index contributed by atoms with van der Waals surface area (Å²) < 4.78 is 36.1. The van der Waals surface area contributed by atoms with Gasteiger partial charge in [0.25, 0.3) is 0 Å². The van der Waals surface area contributed by atoms with Gasteiger partial charge in [0.2, 0.25) is 0 Å². The summed E-state index contributed by atoms with van der Waals surface area (Å²) in [4.78, 5) is -0.0842. The van der Waals surface area contributed by atoms with Crippen LogP contribution in [0.1, 0.15) is 13.8 Å². The van der Waals surface area contributed by atoms with Gasteiger partial charge in [0.1, 0.15) is 0 Å². The first kappa shape index (κ1) is 14.2. The molecule has 0 amide bonds. The van der Waals surface area contributed by atoms with Gasteiger partial charge in [-0.15, -0.1) is 11.8 Å². The van der Waals surface area contributed by atoms with Crippen LogP contribution in [0.5, 0.6) is 0 Å². The Morgan fingerprint density at radius 1 is 1.43 bits per heavy atom. The van der Waals surface area contributed by atoms with Crippen LogP contribution in [0.2, 0.25) is 0 Å². The number of alkyl halides is 3. The van der Waals surface area contributed by atoms with Crippen LogP contribution in [0.3, 0.4) is 0 Å². The Labute approximate surface area is 91.2 Å². The highest BCUT2D eigenvalue weighted by Gasteiger charge is 2.29. The van der Waals surface area contributed by atoms with Gasteiger partial charge in [-0.2, -0.15) is 25.8 Å². The number of aliphatic hydroxyl groups is 1. The topological polar surface area (TPSA) is 20.2 Å². The van der Waals surface area contributed by atoms with Gasteiger partial charge in [0.05, 0.1) is 5.60 Å². The minimum atomic E-state index is -4.39. The molecule has 0 aliphatic carbocycles. The van der Waals surface area contributed by atoms with Crippen LogP contribution in [0.4, 0.5) is 13.2 Å². The molecule has 0 aromatic heterocycles. The Morgan fingerprint density at radius 2 is 1.93 bits per heavy atom. The lowest BCUT2D eigenvalue weighted by Crippen LogP contribution is -2.22. The maximum absolute atomic E-state index is 12.0. The van der Waals surface area contributed by atoms with E-state index in [0.717, 1.165) is 11.8 Å². The quantitative estimate of drug-likeness (QED) is 0.744. The number of rotatable bonds is 4. The largest absolute Gasteiger partial charge is 0.410 e. The van der Waals surface area contributed by atoms with Gasteiger partial charge in [-0.05, 0) is 19.6 Å². The predicted octanol–water partition coefficient (Wildman–Crippen LogP) is 2.87. The van der Waals surface area contributed by atoms with Crippen LogP contribution in [0.15, 0.2) is 11.0 Å². The molecule has 0 aliphatic heterocycles. The fourth-order valence-electron chi connectivity index (χ4n) is 0.699. The van der Waals surface area contributed by atoms with E-state index in [1.54, 1.807) is 0 Å². The molecule has 0 bridgehead atoms. The van der Waals surface area contributed by atoms with Gasteiger partial charge >= 0.3 is 6.18 Å². The fraction of sp³-hybridized carbons (Fsp3) is 0.750. The Bertz CT molecular complexity index is 206. The Morgan fingerprint density at radius 3 is 2.21 bits per heavy atom. The molecule has 1 N–H and O–H groups in total. The van der Waals surface area contributed by atoms with Crippen molar-refractivity contribution in [2.24, 2.45) is 0 Å². The van der Waals surface area contributed by atoms with E-state index in [-0.39, 0.29) is 11.0 Å². The zero-order chi connectivity index (χ0) is 11.4. The predicted molar refractivity (Wildman–Crippen MR) is 56.7 cm³/mol. The van der Waals surface area contributed by atoms with Crippen molar-refractivity contribution in [3.8, 4) is 0 Å². The molecule has 0 aliphatic rings. The fourth-order valence-corrected chi connectivity index (χ4v) is 1.85. The average Bonchev–Trinajstić information content (AvgIpc) is 1.93. The van der Waals surface area contributed by atoms with Crippen molar-refractivity contribution in [2.45, 2.75) is 25.6 Å². The molecule has 0 saturated carbocycles. The van der Waals surface area contributed by atoms with Gasteiger partial charge in [-0.25, -0.2) is 0 Å². The van der Waals surface area contributed by atoms with Crippen LogP contribution < -0.4 is 0 Å². The van der Waals surface area contributed by atoms with Crippen LogP contribution >= 0.6 is 24.4 Å². The maximum atomic E-state index is 12.0.